The number of carbonyl (C=O) groups excluding carboxylic acids is 1. The standard InChI is InChI=1S/C22H21FN2O3S/c1-15-3-12-21(16(2)13-15)24-22(26)14-17-4-8-19(9-5-17)25-29(27,28)20-10-6-18(23)7-11-20/h3-13,25H,14H2,1-2H3,(H,24,26). The zero-order valence-electron chi connectivity index (χ0n) is 16.1. The first kappa shape index (κ1) is 20.5. The molecule has 0 radical (unpaired) electrons. The number of nitrogens with one attached hydrogen (secondary N) is 2. The zero-order chi connectivity index (χ0) is 21.0. The number of amides is 1. The normalized spacial score (nSPS) is 11.1. The van der Waals surface area contributed by atoms with Crippen molar-refractivity contribution in [2.24, 2.45) is 0 Å². The van der Waals surface area contributed by atoms with Crippen LogP contribution in [0.1, 0.15) is 16.7 Å². The van der Waals surface area contributed by atoms with Crippen LogP contribution in [0.25, 0.3) is 0 Å². The smallest absolute Gasteiger partial charge is 0.261 e. The van der Waals surface area contributed by atoms with Gasteiger partial charge < -0.3 is 5.32 Å². The van der Waals surface area contributed by atoms with Crippen molar-refractivity contribution in [1.82, 2.24) is 0 Å². The van der Waals surface area contributed by atoms with Crippen molar-refractivity contribution in [1.29, 1.82) is 0 Å². The third kappa shape index (κ3) is 5.42. The molecule has 3 rings (SSSR count). The van der Waals surface area contributed by atoms with E-state index in [-0.39, 0.29) is 17.2 Å². The Kier molecular flexibility index (Phi) is 5.98. The van der Waals surface area contributed by atoms with E-state index in [0.717, 1.165) is 34.5 Å². The first-order valence-corrected chi connectivity index (χ1v) is 10.5. The van der Waals surface area contributed by atoms with Crippen molar-refractivity contribution in [3.05, 3.63) is 89.2 Å². The molecule has 0 aliphatic heterocycles. The molecule has 0 spiro atoms. The molecule has 29 heavy (non-hydrogen) atoms. The summed E-state index contributed by atoms with van der Waals surface area (Å²) in [5, 5.41) is 2.88. The van der Waals surface area contributed by atoms with Crippen molar-refractivity contribution in [3.63, 3.8) is 0 Å². The molecule has 0 fully saturated rings. The zero-order valence-corrected chi connectivity index (χ0v) is 16.9. The molecule has 150 valence electrons. The summed E-state index contributed by atoms with van der Waals surface area (Å²) in [6.07, 6.45) is 0.165. The molecule has 0 saturated carbocycles. The van der Waals surface area contributed by atoms with E-state index in [1.165, 1.54) is 12.1 Å². The van der Waals surface area contributed by atoms with E-state index < -0.39 is 15.8 Å². The Hall–Kier alpha value is -3.19. The lowest BCUT2D eigenvalue weighted by Crippen LogP contribution is -2.15. The van der Waals surface area contributed by atoms with Crippen LogP contribution in [0.4, 0.5) is 15.8 Å². The minimum atomic E-state index is -3.81. The molecular formula is C22H21FN2O3S. The summed E-state index contributed by atoms with van der Waals surface area (Å²) in [7, 11) is -3.81. The second-order valence-corrected chi connectivity index (χ2v) is 8.48. The van der Waals surface area contributed by atoms with E-state index in [4.69, 9.17) is 0 Å². The van der Waals surface area contributed by atoms with Crippen molar-refractivity contribution in [3.8, 4) is 0 Å². The molecule has 3 aromatic carbocycles. The highest BCUT2D eigenvalue weighted by Gasteiger charge is 2.14. The van der Waals surface area contributed by atoms with E-state index in [0.29, 0.717) is 5.69 Å². The molecule has 0 bridgehead atoms. The summed E-state index contributed by atoms with van der Waals surface area (Å²) >= 11 is 0. The minimum Gasteiger partial charge on any atom is -0.326 e. The van der Waals surface area contributed by atoms with Gasteiger partial charge in [-0.05, 0) is 67.4 Å². The van der Waals surface area contributed by atoms with Gasteiger partial charge in [-0.1, -0.05) is 29.8 Å². The Morgan fingerprint density at radius 1 is 0.931 bits per heavy atom. The number of benzene rings is 3. The number of sulfonamides is 1. The molecule has 3 aromatic rings. The van der Waals surface area contributed by atoms with Gasteiger partial charge in [-0.2, -0.15) is 0 Å². The van der Waals surface area contributed by atoms with E-state index in [9.17, 15) is 17.6 Å². The summed E-state index contributed by atoms with van der Waals surface area (Å²) < 4.78 is 40.1. The van der Waals surface area contributed by atoms with Gasteiger partial charge in [0.15, 0.2) is 0 Å². The molecular weight excluding hydrogens is 391 g/mol. The van der Waals surface area contributed by atoms with Gasteiger partial charge in [0.2, 0.25) is 5.91 Å². The molecule has 5 nitrogen and oxygen atoms in total. The number of anilines is 2. The third-order valence-electron chi connectivity index (χ3n) is 4.35. The first-order chi connectivity index (χ1) is 13.7. The number of aryl methyl sites for hydroxylation is 2. The van der Waals surface area contributed by atoms with Gasteiger partial charge in [-0.3, -0.25) is 9.52 Å². The van der Waals surface area contributed by atoms with Crippen LogP contribution in [-0.4, -0.2) is 14.3 Å². The van der Waals surface area contributed by atoms with E-state index >= 15 is 0 Å². The Labute approximate surface area is 169 Å². The average Bonchev–Trinajstić information content (AvgIpc) is 2.66. The number of hydrogen-bond acceptors (Lipinski definition) is 3. The molecule has 0 aromatic heterocycles. The molecule has 0 aliphatic rings. The van der Waals surface area contributed by atoms with Crippen LogP contribution in [0.2, 0.25) is 0 Å². The molecule has 0 unspecified atom stereocenters. The molecule has 0 heterocycles. The fraction of sp³-hybridized carbons (Fsp3) is 0.136. The fourth-order valence-corrected chi connectivity index (χ4v) is 3.91. The average molecular weight is 412 g/mol. The summed E-state index contributed by atoms with van der Waals surface area (Å²) in [6.45, 7) is 3.93. The van der Waals surface area contributed by atoms with E-state index in [1.54, 1.807) is 24.3 Å². The minimum absolute atomic E-state index is 0.0316. The number of carbonyl (C=O) groups is 1. The maximum atomic E-state index is 13.0. The Bertz CT molecular complexity index is 1130. The van der Waals surface area contributed by atoms with Gasteiger partial charge in [-0.15, -0.1) is 0 Å². The van der Waals surface area contributed by atoms with Gasteiger partial charge in [0.25, 0.3) is 10.0 Å². The Morgan fingerprint density at radius 2 is 1.59 bits per heavy atom. The second-order valence-electron chi connectivity index (χ2n) is 6.80. The van der Waals surface area contributed by atoms with Crippen molar-refractivity contribution >= 4 is 27.3 Å². The van der Waals surface area contributed by atoms with E-state index in [2.05, 4.69) is 10.0 Å². The van der Waals surface area contributed by atoms with Crippen LogP contribution >= 0.6 is 0 Å². The van der Waals surface area contributed by atoms with Crippen LogP contribution in [-0.2, 0) is 21.2 Å². The maximum Gasteiger partial charge on any atom is 0.261 e. The van der Waals surface area contributed by atoms with Gasteiger partial charge in [0, 0.05) is 11.4 Å². The third-order valence-corrected chi connectivity index (χ3v) is 5.75. The van der Waals surface area contributed by atoms with E-state index in [1.807, 2.05) is 32.0 Å². The predicted molar refractivity (Wildman–Crippen MR) is 112 cm³/mol. The van der Waals surface area contributed by atoms with Crippen molar-refractivity contribution < 1.29 is 17.6 Å². The lowest BCUT2D eigenvalue weighted by Gasteiger charge is -2.10. The Balaban J connectivity index is 1.63. The van der Waals surface area contributed by atoms with Crippen LogP contribution in [0.15, 0.2) is 71.6 Å². The lowest BCUT2D eigenvalue weighted by atomic mass is 10.1. The molecule has 0 saturated heterocycles. The highest BCUT2D eigenvalue weighted by molar-refractivity contribution is 7.92. The molecule has 0 atom stereocenters. The summed E-state index contributed by atoms with van der Waals surface area (Å²) in [4.78, 5) is 12.3. The largest absolute Gasteiger partial charge is 0.326 e. The monoisotopic (exact) mass is 412 g/mol. The number of halogens is 1. The van der Waals surface area contributed by atoms with Crippen LogP contribution in [0.3, 0.4) is 0 Å². The van der Waals surface area contributed by atoms with Gasteiger partial charge in [0.1, 0.15) is 5.82 Å². The highest BCUT2D eigenvalue weighted by atomic mass is 32.2. The second kappa shape index (κ2) is 8.45. The topological polar surface area (TPSA) is 75.3 Å². The molecule has 1 amide bonds. The SMILES string of the molecule is Cc1ccc(NC(=O)Cc2ccc(NS(=O)(=O)c3ccc(F)cc3)cc2)c(C)c1. The lowest BCUT2D eigenvalue weighted by molar-refractivity contribution is -0.115. The van der Waals surface area contributed by atoms with Crippen LogP contribution < -0.4 is 10.0 Å². The summed E-state index contributed by atoms with van der Waals surface area (Å²) in [5.74, 6) is -0.663. The van der Waals surface area contributed by atoms with Crippen LogP contribution in [0, 0.1) is 19.7 Å². The first-order valence-electron chi connectivity index (χ1n) is 8.97. The predicted octanol–water partition coefficient (Wildman–Crippen LogP) is 4.42. The molecule has 7 heteroatoms. The molecule has 2 N–H and O–H groups in total. The summed E-state index contributed by atoms with van der Waals surface area (Å²) in [5.41, 5.74) is 3.98. The highest BCUT2D eigenvalue weighted by Crippen LogP contribution is 2.19. The van der Waals surface area contributed by atoms with Crippen molar-refractivity contribution in [2.45, 2.75) is 25.2 Å². The quantitative estimate of drug-likeness (QED) is 0.629. The van der Waals surface area contributed by atoms with Gasteiger partial charge >= 0.3 is 0 Å². The van der Waals surface area contributed by atoms with Gasteiger partial charge in [0.05, 0.1) is 11.3 Å². The molecule has 0 aliphatic carbocycles. The maximum absolute atomic E-state index is 13.0. The number of hydrogen-bond donors (Lipinski definition) is 2. The van der Waals surface area contributed by atoms with Crippen LogP contribution in [0.5, 0.6) is 0 Å². The Morgan fingerprint density at radius 3 is 2.21 bits per heavy atom. The van der Waals surface area contributed by atoms with Gasteiger partial charge in [-0.25, -0.2) is 12.8 Å². The summed E-state index contributed by atoms with van der Waals surface area (Å²) in [6, 6.07) is 16.9. The number of rotatable bonds is 6. The fourth-order valence-electron chi connectivity index (χ4n) is 2.85. The van der Waals surface area contributed by atoms with Crippen molar-refractivity contribution in [2.75, 3.05) is 10.0 Å².